The van der Waals surface area contributed by atoms with E-state index < -0.39 is 13.6 Å². The molecule has 1 heterocycles. The predicted molar refractivity (Wildman–Crippen MR) is 81.4 cm³/mol. The maximum absolute atomic E-state index is 12.6. The summed E-state index contributed by atoms with van der Waals surface area (Å²) in [7, 11) is 0. The van der Waals surface area contributed by atoms with E-state index in [9.17, 15) is 8.78 Å². The lowest BCUT2D eigenvalue weighted by Gasteiger charge is -2.58. The van der Waals surface area contributed by atoms with Crippen molar-refractivity contribution < 1.29 is 17.6 Å². The Morgan fingerprint density at radius 1 is 1.36 bits per heavy atom. The van der Waals surface area contributed by atoms with Crippen LogP contribution in [0.15, 0.2) is 18.2 Å². The first-order valence-electron chi connectivity index (χ1n) is 9.66. The molecule has 4 heteroatoms. The molecule has 0 radical (unpaired) electrons. The van der Waals surface area contributed by atoms with Crippen LogP contribution in [0.25, 0.3) is 0 Å². The third-order valence-electron chi connectivity index (χ3n) is 6.03. The van der Waals surface area contributed by atoms with Crippen LogP contribution in [0.2, 0.25) is 0 Å². The van der Waals surface area contributed by atoms with E-state index in [4.69, 9.17) is 4.11 Å². The van der Waals surface area contributed by atoms with Gasteiger partial charge in [0.1, 0.15) is 5.75 Å². The number of nitrogens with zero attached hydrogens (tertiary/aromatic N) is 1. The first-order valence-corrected chi connectivity index (χ1v) is 8.16. The molecule has 3 aliphatic rings. The van der Waals surface area contributed by atoms with Crippen LogP contribution in [-0.2, 0) is 11.8 Å². The molecule has 120 valence electrons. The third kappa shape index (κ3) is 2.07. The molecule has 0 amide bonds. The zero-order valence-electron chi connectivity index (χ0n) is 15.5. The Balaban J connectivity index is 1.79. The highest BCUT2D eigenvalue weighted by atomic mass is 19.3. The number of ether oxygens (including phenoxy) is 1. The molecule has 2 nitrogen and oxygen atoms in total. The van der Waals surface area contributed by atoms with Gasteiger partial charge in [0, 0.05) is 15.6 Å². The van der Waals surface area contributed by atoms with Gasteiger partial charge in [-0.1, -0.05) is 18.9 Å². The Kier molecular flexibility index (Phi) is 2.69. The maximum atomic E-state index is 12.6. The molecule has 1 aromatic carbocycles. The van der Waals surface area contributed by atoms with Crippen molar-refractivity contribution in [1.29, 1.82) is 0 Å². The number of hydrogen-bond acceptors (Lipinski definition) is 2. The lowest BCUT2D eigenvalue weighted by atomic mass is 9.52. The maximum Gasteiger partial charge on any atom is 0.387 e. The molecule has 2 aliphatic carbocycles. The van der Waals surface area contributed by atoms with Crippen molar-refractivity contribution in [2.45, 2.75) is 56.6 Å². The van der Waals surface area contributed by atoms with E-state index in [2.05, 4.69) is 4.74 Å². The van der Waals surface area contributed by atoms with E-state index in [1.807, 2.05) is 6.07 Å². The van der Waals surface area contributed by atoms with Crippen molar-refractivity contribution in [3.05, 3.63) is 29.3 Å². The standard InChI is InChI=1S/C18H23F2NO/c1-21-9-8-18-7-3-2-4-14(18)16(21)10-12-5-6-13(11-15(12)18)22-17(19)20/h5-6,11,14,16-17H,2-4,7-10H2,1H3/t14-,16+,18+/m1/s1/i1D3. The van der Waals surface area contributed by atoms with Gasteiger partial charge in [0.05, 0.1) is 0 Å². The Hall–Kier alpha value is -1.16. The Labute approximate surface area is 134 Å². The van der Waals surface area contributed by atoms with Gasteiger partial charge < -0.3 is 9.64 Å². The van der Waals surface area contributed by atoms with Gasteiger partial charge in [0.15, 0.2) is 0 Å². The molecule has 2 fully saturated rings. The largest absolute Gasteiger partial charge is 0.435 e. The molecular weight excluding hydrogens is 284 g/mol. The first-order chi connectivity index (χ1) is 11.8. The highest BCUT2D eigenvalue weighted by Crippen LogP contribution is 2.55. The van der Waals surface area contributed by atoms with Gasteiger partial charge in [-0.15, -0.1) is 0 Å². The zero-order valence-corrected chi connectivity index (χ0v) is 12.5. The normalized spacial score (nSPS) is 36.8. The number of fused-ring (bicyclic) bond motifs is 1. The van der Waals surface area contributed by atoms with E-state index in [-0.39, 0.29) is 23.1 Å². The van der Waals surface area contributed by atoms with Gasteiger partial charge in [0.25, 0.3) is 0 Å². The number of piperidine rings is 1. The molecule has 0 N–H and O–H groups in total. The second-order valence-corrected chi connectivity index (χ2v) is 6.92. The number of hydrogen-bond donors (Lipinski definition) is 0. The zero-order chi connectivity index (χ0) is 17.8. The molecule has 0 unspecified atom stereocenters. The fourth-order valence-corrected chi connectivity index (χ4v) is 5.16. The van der Waals surface area contributed by atoms with Crippen LogP contribution < -0.4 is 4.74 Å². The van der Waals surface area contributed by atoms with Gasteiger partial charge in [-0.25, -0.2) is 0 Å². The number of likely N-dealkylation sites (N-methyl/N-ethyl adjacent to an activating group) is 1. The van der Waals surface area contributed by atoms with Crippen LogP contribution >= 0.6 is 0 Å². The van der Waals surface area contributed by atoms with Gasteiger partial charge in [-0.05, 0) is 68.4 Å². The SMILES string of the molecule is [2H]C([2H])([2H])N1CC[C@@]23CCCC[C@@H]2[C@@H]1Cc1ccc(OC(F)F)cc13. The quantitative estimate of drug-likeness (QED) is 0.819. The summed E-state index contributed by atoms with van der Waals surface area (Å²) >= 11 is 0. The molecule has 0 aromatic heterocycles. The van der Waals surface area contributed by atoms with E-state index in [0.717, 1.165) is 43.2 Å². The monoisotopic (exact) mass is 310 g/mol. The number of rotatable bonds is 2. The summed E-state index contributed by atoms with van der Waals surface area (Å²) in [4.78, 5) is 1.70. The minimum Gasteiger partial charge on any atom is -0.435 e. The topological polar surface area (TPSA) is 12.5 Å². The van der Waals surface area contributed by atoms with Crippen LogP contribution in [-0.4, -0.2) is 31.1 Å². The number of likely N-dealkylation sites (tertiary alicyclic amines) is 1. The number of alkyl halides is 2. The Morgan fingerprint density at radius 3 is 3.09 bits per heavy atom. The third-order valence-corrected chi connectivity index (χ3v) is 6.03. The lowest BCUT2D eigenvalue weighted by Crippen LogP contribution is -2.59. The molecule has 0 spiro atoms. The van der Waals surface area contributed by atoms with E-state index >= 15 is 0 Å². The molecule has 1 aliphatic heterocycles. The van der Waals surface area contributed by atoms with Crippen molar-refractivity contribution in [2.24, 2.45) is 5.92 Å². The Bertz CT molecular complexity index is 666. The predicted octanol–water partition coefficient (Wildman–Crippen LogP) is 3.98. The van der Waals surface area contributed by atoms with Crippen molar-refractivity contribution >= 4 is 0 Å². The van der Waals surface area contributed by atoms with Crippen LogP contribution in [0.5, 0.6) is 5.75 Å². The second kappa shape index (κ2) is 5.19. The van der Waals surface area contributed by atoms with Gasteiger partial charge >= 0.3 is 6.61 Å². The van der Waals surface area contributed by atoms with Crippen LogP contribution in [0, 0.1) is 5.92 Å². The summed E-state index contributed by atoms with van der Waals surface area (Å²) in [5, 5.41) is 0. The molecule has 4 rings (SSSR count). The average Bonchev–Trinajstić information content (AvgIpc) is 2.54. The molecule has 3 atom stereocenters. The number of benzene rings is 1. The highest BCUT2D eigenvalue weighted by Gasteiger charge is 2.53. The van der Waals surface area contributed by atoms with Crippen molar-refractivity contribution in [3.63, 3.8) is 0 Å². The van der Waals surface area contributed by atoms with Crippen molar-refractivity contribution in [3.8, 4) is 5.75 Å². The molecule has 1 saturated heterocycles. The van der Waals surface area contributed by atoms with E-state index in [0.29, 0.717) is 13.0 Å². The van der Waals surface area contributed by atoms with E-state index in [1.54, 1.807) is 17.0 Å². The number of halogens is 2. The first kappa shape index (κ1) is 11.4. The summed E-state index contributed by atoms with van der Waals surface area (Å²) in [5.41, 5.74) is 2.13. The fraction of sp³-hybridized carbons (Fsp3) is 0.667. The van der Waals surface area contributed by atoms with Gasteiger partial charge in [-0.3, -0.25) is 0 Å². The fourth-order valence-electron chi connectivity index (χ4n) is 5.16. The van der Waals surface area contributed by atoms with Gasteiger partial charge in [-0.2, -0.15) is 8.78 Å². The minimum atomic E-state index is -2.83. The van der Waals surface area contributed by atoms with Crippen molar-refractivity contribution in [2.75, 3.05) is 13.5 Å². The average molecular weight is 310 g/mol. The smallest absolute Gasteiger partial charge is 0.387 e. The lowest BCUT2D eigenvalue weighted by molar-refractivity contribution is -0.0503. The summed E-state index contributed by atoms with van der Waals surface area (Å²) in [6, 6.07) is 5.24. The van der Waals surface area contributed by atoms with Crippen molar-refractivity contribution in [1.82, 2.24) is 4.90 Å². The summed E-state index contributed by atoms with van der Waals surface area (Å²) in [6.45, 7) is -4.37. The molecular formula is C18H23F2NO. The molecule has 1 saturated carbocycles. The molecule has 1 aromatic rings. The summed E-state index contributed by atoms with van der Waals surface area (Å²) < 4.78 is 53.6. The summed E-state index contributed by atoms with van der Waals surface area (Å²) in [5.74, 6) is 0.494. The minimum absolute atomic E-state index is 0.0101. The molecule has 2 bridgehead atoms. The summed E-state index contributed by atoms with van der Waals surface area (Å²) in [6.07, 6.45) is 5.69. The van der Waals surface area contributed by atoms with Gasteiger partial charge in [0.2, 0.25) is 0 Å². The van der Waals surface area contributed by atoms with Crippen LogP contribution in [0.3, 0.4) is 0 Å². The molecule has 22 heavy (non-hydrogen) atoms. The van der Waals surface area contributed by atoms with Crippen LogP contribution in [0.1, 0.15) is 47.3 Å². The van der Waals surface area contributed by atoms with Crippen LogP contribution in [0.4, 0.5) is 8.78 Å². The second-order valence-electron chi connectivity index (χ2n) is 6.92. The highest BCUT2D eigenvalue weighted by molar-refractivity contribution is 5.45. The Morgan fingerprint density at radius 2 is 2.27 bits per heavy atom. The van der Waals surface area contributed by atoms with E-state index in [1.165, 1.54) is 0 Å².